The number of hydrogen-bond acceptors (Lipinski definition) is 10. The quantitative estimate of drug-likeness (QED) is 0.171. The van der Waals surface area contributed by atoms with Crippen LogP contribution in [0.25, 0.3) is 0 Å². The highest BCUT2D eigenvalue weighted by Gasteiger charge is 2.55. The van der Waals surface area contributed by atoms with E-state index < -0.39 is 70.5 Å². The van der Waals surface area contributed by atoms with Gasteiger partial charge in [0.05, 0.1) is 10.1 Å². The molecule has 2 unspecified atom stereocenters. The molecule has 276 valence electrons. The molecule has 4 amide bonds. The molecule has 0 aliphatic carbocycles. The zero-order valence-electron chi connectivity index (χ0n) is 26.1. The van der Waals surface area contributed by atoms with Crippen LogP contribution in [-0.4, -0.2) is 106 Å². The molecule has 4 aliphatic rings. The highest BCUT2D eigenvalue weighted by atomic mass is 35.5. The van der Waals surface area contributed by atoms with Gasteiger partial charge >= 0.3 is 11.9 Å². The van der Waals surface area contributed by atoms with Crippen molar-refractivity contribution in [1.29, 1.82) is 0 Å². The Morgan fingerprint density at radius 3 is 1.27 bits per heavy atom. The average molecular weight is 790 g/mol. The van der Waals surface area contributed by atoms with E-state index in [1.165, 1.54) is 23.5 Å². The van der Waals surface area contributed by atoms with Crippen LogP contribution in [0.5, 0.6) is 0 Å². The second-order valence-electron chi connectivity index (χ2n) is 10.7. The number of fused-ring (bicyclic) bond motifs is 2. The molecule has 0 saturated carbocycles. The summed E-state index contributed by atoms with van der Waals surface area (Å²) >= 11 is 14.4. The van der Waals surface area contributed by atoms with Gasteiger partial charge in [0.25, 0.3) is 11.8 Å². The van der Waals surface area contributed by atoms with Crippen molar-refractivity contribution in [3.8, 4) is 0 Å². The number of carboxylic acid groups (broad SMARTS) is 2. The first-order valence-corrected chi connectivity index (χ1v) is 17.0. The van der Waals surface area contributed by atoms with E-state index in [0.29, 0.717) is 11.1 Å². The minimum atomic E-state index is -1.26. The number of carbonyl (C=O) groups excluding carboxylic acids is 4. The topological polar surface area (TPSA) is 320 Å². The van der Waals surface area contributed by atoms with Crippen LogP contribution in [0.4, 0.5) is 0 Å². The summed E-state index contributed by atoms with van der Waals surface area (Å²) < 4.78 is 0. The first-order chi connectivity index (χ1) is 22.8. The van der Waals surface area contributed by atoms with E-state index in [1.54, 1.807) is 48.5 Å². The van der Waals surface area contributed by atoms with Gasteiger partial charge in [-0.05, 0) is 11.1 Å². The maximum atomic E-state index is 12.3. The van der Waals surface area contributed by atoms with Gasteiger partial charge in [-0.3, -0.25) is 29.0 Å². The predicted octanol–water partition coefficient (Wildman–Crippen LogP) is -1.23. The number of aliphatic carboxylic acids is 2. The third-order valence-electron chi connectivity index (χ3n) is 7.73. The van der Waals surface area contributed by atoms with Crippen molar-refractivity contribution in [3.63, 3.8) is 0 Å². The number of carboxylic acids is 2. The SMILES string of the molecule is N[C@@H](C(=O)NC1C(=O)N2C(C(=O)O)=C(Cl)CS[C@H]12)c1ccccc1.N[C@@H](C(=O)NC1C(=O)N2C(C(=O)O)=C(Cl)CS[C@H]12)c1ccccc1.O.O.O. The van der Waals surface area contributed by atoms with Crippen molar-refractivity contribution in [2.45, 2.75) is 34.9 Å². The smallest absolute Gasteiger partial charge is 0.353 e. The summed E-state index contributed by atoms with van der Waals surface area (Å²) in [5.74, 6) is -3.96. The molecule has 2 aromatic rings. The van der Waals surface area contributed by atoms with Crippen molar-refractivity contribution < 1.29 is 55.4 Å². The lowest BCUT2D eigenvalue weighted by Gasteiger charge is -2.48. The zero-order valence-corrected chi connectivity index (χ0v) is 29.3. The average Bonchev–Trinajstić information content (AvgIpc) is 3.09. The van der Waals surface area contributed by atoms with Crippen LogP contribution in [0.1, 0.15) is 23.2 Å². The van der Waals surface area contributed by atoms with Gasteiger partial charge < -0.3 is 48.7 Å². The molecule has 4 aliphatic heterocycles. The van der Waals surface area contributed by atoms with Crippen LogP contribution in [-0.2, 0) is 28.8 Å². The molecule has 21 heteroatoms. The minimum Gasteiger partial charge on any atom is -0.477 e. The van der Waals surface area contributed by atoms with Gasteiger partial charge in [-0.15, -0.1) is 23.5 Å². The highest BCUT2D eigenvalue weighted by Crippen LogP contribution is 2.42. The molecule has 14 N–H and O–H groups in total. The highest BCUT2D eigenvalue weighted by molar-refractivity contribution is 8.00. The van der Waals surface area contributed by atoms with Crippen LogP contribution in [0.3, 0.4) is 0 Å². The number of β-lactam (4-membered cyclic amide) rings is 2. The van der Waals surface area contributed by atoms with Crippen molar-refractivity contribution in [2.75, 3.05) is 11.5 Å². The lowest BCUT2D eigenvalue weighted by atomic mass is 10.0. The van der Waals surface area contributed by atoms with Gasteiger partial charge in [0.15, 0.2) is 0 Å². The number of rotatable bonds is 8. The van der Waals surface area contributed by atoms with E-state index >= 15 is 0 Å². The second-order valence-corrected chi connectivity index (χ2v) is 13.8. The zero-order chi connectivity index (χ0) is 34.9. The number of hydrogen-bond donors (Lipinski definition) is 6. The number of carbonyl (C=O) groups is 6. The lowest BCUT2D eigenvalue weighted by Crippen LogP contribution is -2.70. The minimum absolute atomic E-state index is 0. The third-order valence-corrected chi connectivity index (χ3v) is 11.2. The Morgan fingerprint density at radius 1 is 0.667 bits per heavy atom. The summed E-state index contributed by atoms with van der Waals surface area (Å²) in [5.41, 5.74) is 12.6. The van der Waals surface area contributed by atoms with Crippen LogP contribution in [0.15, 0.2) is 82.1 Å². The lowest BCUT2D eigenvalue weighted by molar-refractivity contribution is -0.150. The molecule has 2 fully saturated rings. The molecule has 6 rings (SSSR count). The molecule has 0 aromatic heterocycles. The number of nitrogens with one attached hydrogen (secondary N) is 2. The van der Waals surface area contributed by atoms with Crippen LogP contribution >= 0.6 is 46.7 Å². The Morgan fingerprint density at radius 2 is 0.980 bits per heavy atom. The molecule has 0 bridgehead atoms. The Bertz CT molecular complexity index is 1610. The first-order valence-electron chi connectivity index (χ1n) is 14.2. The van der Waals surface area contributed by atoms with Crippen molar-refractivity contribution in [3.05, 3.63) is 93.2 Å². The van der Waals surface area contributed by atoms with E-state index in [2.05, 4.69) is 10.6 Å². The Kier molecular flexibility index (Phi) is 15.0. The first kappa shape index (κ1) is 43.0. The summed E-state index contributed by atoms with van der Waals surface area (Å²) in [5, 5.41) is 22.9. The van der Waals surface area contributed by atoms with Gasteiger partial charge in [-0.1, -0.05) is 83.9 Å². The molecule has 2 aromatic carbocycles. The Balaban J connectivity index is 0.000000334. The van der Waals surface area contributed by atoms with Crippen LogP contribution in [0, 0.1) is 0 Å². The molecule has 0 spiro atoms. The number of nitrogens with two attached hydrogens (primary N) is 2. The van der Waals surface area contributed by atoms with E-state index in [4.69, 9.17) is 34.7 Å². The maximum Gasteiger partial charge on any atom is 0.353 e. The Hall–Kier alpha value is -4.18. The van der Waals surface area contributed by atoms with Gasteiger partial charge in [-0.2, -0.15) is 0 Å². The van der Waals surface area contributed by atoms with Crippen molar-refractivity contribution in [2.24, 2.45) is 11.5 Å². The Labute approximate surface area is 308 Å². The van der Waals surface area contributed by atoms with Gasteiger partial charge in [0.2, 0.25) is 11.8 Å². The molecule has 2 saturated heterocycles. The fourth-order valence-corrected chi connectivity index (χ4v) is 8.37. The van der Waals surface area contributed by atoms with Gasteiger partial charge in [0, 0.05) is 11.5 Å². The normalized spacial score (nSPS) is 22.7. The fourth-order valence-electron chi connectivity index (χ4n) is 5.27. The predicted molar refractivity (Wildman–Crippen MR) is 189 cm³/mol. The van der Waals surface area contributed by atoms with E-state index in [1.807, 2.05) is 12.1 Å². The molecule has 6 atom stereocenters. The van der Waals surface area contributed by atoms with E-state index in [9.17, 15) is 39.0 Å². The monoisotopic (exact) mass is 788 g/mol. The summed E-state index contributed by atoms with van der Waals surface area (Å²) in [7, 11) is 0. The summed E-state index contributed by atoms with van der Waals surface area (Å²) in [6.07, 6.45) is 0. The third kappa shape index (κ3) is 8.49. The number of nitrogens with zero attached hydrogens (tertiary/aromatic N) is 2. The maximum absolute atomic E-state index is 12.3. The molecule has 4 heterocycles. The summed E-state index contributed by atoms with van der Waals surface area (Å²) in [6.45, 7) is 0. The largest absolute Gasteiger partial charge is 0.477 e. The van der Waals surface area contributed by atoms with E-state index in [-0.39, 0.29) is 49.4 Å². The number of thioether (sulfide) groups is 2. The van der Waals surface area contributed by atoms with E-state index in [0.717, 1.165) is 9.80 Å². The molecule has 17 nitrogen and oxygen atoms in total. The van der Waals surface area contributed by atoms with Gasteiger partial charge in [0.1, 0.15) is 46.3 Å². The number of halogens is 2. The van der Waals surface area contributed by atoms with Crippen LogP contribution in [0.2, 0.25) is 0 Å². The molecule has 51 heavy (non-hydrogen) atoms. The molecular formula is C30H34Cl2N6O11S2. The summed E-state index contributed by atoms with van der Waals surface area (Å²) in [6, 6.07) is 14.1. The van der Waals surface area contributed by atoms with Crippen molar-refractivity contribution >= 4 is 82.3 Å². The number of benzene rings is 2. The van der Waals surface area contributed by atoms with Crippen LogP contribution < -0.4 is 22.1 Å². The standard InChI is InChI=1S/2C15H14ClN3O4S.3H2O/c2*16-8-6-24-14-10(13(21)19(14)11(8)15(22)23)18-12(20)9(17)7-4-2-1-3-5-7;;;/h2*1-5,9-10,14H,6,17H2,(H,18,20)(H,22,23);3*1H2/t2*9-,10?,14-;;;/m11.../s1. The summed E-state index contributed by atoms with van der Waals surface area (Å²) in [4.78, 5) is 73.8. The van der Waals surface area contributed by atoms with Crippen molar-refractivity contribution in [1.82, 2.24) is 20.4 Å². The molecular weight excluding hydrogens is 755 g/mol. The molecule has 0 radical (unpaired) electrons. The fraction of sp³-hybridized carbons (Fsp3) is 0.267. The second kappa shape index (κ2) is 17.8. The van der Waals surface area contributed by atoms with Gasteiger partial charge in [-0.25, -0.2) is 9.59 Å². The number of amides is 4.